The molecule has 5 heteroatoms. The number of nitrogens with zero attached hydrogens (tertiary/aromatic N) is 2. The van der Waals surface area contributed by atoms with Crippen LogP contribution in [0.1, 0.15) is 107 Å². The molecule has 4 heterocycles. The third-order valence-electron chi connectivity index (χ3n) is 20.9. The van der Waals surface area contributed by atoms with Crippen LogP contribution < -0.4 is 63.3 Å². The number of anilines is 6. The van der Waals surface area contributed by atoms with Gasteiger partial charge in [0.15, 0.2) is 8.07 Å². The summed E-state index contributed by atoms with van der Waals surface area (Å²) in [5.74, 6) is 1.33. The monoisotopic (exact) mass is 1140 g/mol. The molecule has 0 saturated heterocycles. The van der Waals surface area contributed by atoms with Crippen LogP contribution in [-0.2, 0) is 0 Å². The van der Waals surface area contributed by atoms with E-state index in [0.717, 1.165) is 0 Å². The Morgan fingerprint density at radius 3 is 1.08 bits per heavy atom. The molecule has 4 aliphatic rings. The van der Waals surface area contributed by atoms with Gasteiger partial charge >= 0.3 is 0 Å². The van der Waals surface area contributed by atoms with Crippen LogP contribution in [0.5, 0.6) is 0 Å². The summed E-state index contributed by atoms with van der Waals surface area (Å²) < 4.78 is 0. The molecule has 0 fully saturated rings. The van der Waals surface area contributed by atoms with Crippen molar-refractivity contribution < 1.29 is 0 Å². The molecule has 0 aromatic heterocycles. The van der Waals surface area contributed by atoms with Crippen LogP contribution in [0.3, 0.4) is 0 Å². The van der Waals surface area contributed by atoms with Gasteiger partial charge in [0.05, 0.1) is 0 Å². The van der Waals surface area contributed by atoms with E-state index in [1.807, 2.05) is 0 Å². The smallest absolute Gasteiger partial charge is 0.248 e. The molecule has 0 unspecified atom stereocenters. The minimum atomic E-state index is -3.29. The van der Waals surface area contributed by atoms with Gasteiger partial charge in [-0.15, -0.1) is 0 Å². The van der Waals surface area contributed by atoms with Gasteiger partial charge in [-0.1, -0.05) is 254 Å². The quantitative estimate of drug-likeness (QED) is 0.0765. The first-order valence-corrected chi connectivity index (χ1v) is 34.2. The fourth-order valence-electron chi connectivity index (χ4n) is 16.7. The van der Waals surface area contributed by atoms with E-state index >= 15 is 0 Å². The lowest BCUT2D eigenvalue weighted by molar-refractivity contribution is 0.865. The molecule has 422 valence electrons. The van der Waals surface area contributed by atoms with Crippen molar-refractivity contribution >= 4 is 141 Å². The van der Waals surface area contributed by atoms with Crippen molar-refractivity contribution in [1.29, 1.82) is 0 Å². The van der Waals surface area contributed by atoms with Gasteiger partial charge in [0.1, 0.15) is 0 Å². The Bertz CT molecular complexity index is 4900. The van der Waals surface area contributed by atoms with Crippen LogP contribution in [-0.4, -0.2) is 21.5 Å². The summed E-state index contributed by atoms with van der Waals surface area (Å²) in [4.78, 5) is 5.24. The first kappa shape index (κ1) is 53.1. The summed E-state index contributed by atoms with van der Waals surface area (Å²) in [6, 6.07) is 93.7. The van der Waals surface area contributed by atoms with Gasteiger partial charge < -0.3 is 9.80 Å². The average molecular weight is 1150 g/mol. The molecule has 88 heavy (non-hydrogen) atoms. The highest BCUT2D eigenvalue weighted by Crippen LogP contribution is 2.51. The lowest BCUT2D eigenvalue weighted by atomic mass is 9.31. The molecule has 2 nitrogen and oxygen atoms in total. The van der Waals surface area contributed by atoms with Crippen LogP contribution >= 0.6 is 0 Å². The van der Waals surface area contributed by atoms with E-state index in [2.05, 4.69) is 309 Å². The van der Waals surface area contributed by atoms with Crippen LogP contribution in [0.2, 0.25) is 0 Å². The largest absolute Gasteiger partial charge is 0.311 e. The summed E-state index contributed by atoms with van der Waals surface area (Å²) in [5, 5.41) is 14.0. The molecule has 0 aliphatic carbocycles. The Morgan fingerprint density at radius 1 is 0.307 bits per heavy atom. The van der Waals surface area contributed by atoms with E-state index in [1.54, 1.807) is 0 Å². The number of benzene rings is 13. The molecule has 13 aromatic carbocycles. The molecular formula is C83H70B2N2Si. The maximum absolute atomic E-state index is 3.29. The molecule has 0 amide bonds. The van der Waals surface area contributed by atoms with Crippen molar-refractivity contribution in [2.24, 2.45) is 0 Å². The van der Waals surface area contributed by atoms with Crippen molar-refractivity contribution in [2.75, 3.05) is 9.80 Å². The summed E-state index contributed by atoms with van der Waals surface area (Å²) >= 11 is 0. The Kier molecular flexibility index (Phi) is 11.9. The van der Waals surface area contributed by atoms with Crippen LogP contribution in [0, 0.1) is 6.92 Å². The van der Waals surface area contributed by atoms with E-state index in [0.29, 0.717) is 17.8 Å². The highest BCUT2D eigenvalue weighted by Gasteiger charge is 2.49. The van der Waals surface area contributed by atoms with Gasteiger partial charge in [0, 0.05) is 34.1 Å². The second-order valence-corrected chi connectivity index (χ2v) is 30.8. The number of hydrogen-bond acceptors (Lipinski definition) is 2. The second kappa shape index (κ2) is 19.7. The van der Waals surface area contributed by atoms with Gasteiger partial charge in [-0.25, -0.2) is 0 Å². The zero-order valence-corrected chi connectivity index (χ0v) is 52.9. The normalized spacial score (nSPS) is 13.6. The molecule has 0 N–H and O–H groups in total. The molecule has 0 spiro atoms. The van der Waals surface area contributed by atoms with Gasteiger partial charge in [0.2, 0.25) is 13.4 Å². The number of para-hydroxylation sites is 2. The van der Waals surface area contributed by atoms with E-state index in [-0.39, 0.29) is 19.3 Å². The fraction of sp³-hybridized carbons (Fsp3) is 0.157. The molecule has 4 aliphatic heterocycles. The highest BCUT2D eigenvalue weighted by molar-refractivity contribution is 7.21. The lowest BCUT2D eigenvalue weighted by Gasteiger charge is -2.44. The van der Waals surface area contributed by atoms with Gasteiger partial charge in [-0.2, -0.15) is 0 Å². The minimum Gasteiger partial charge on any atom is -0.311 e. The average Bonchev–Trinajstić information content (AvgIpc) is 0.675. The van der Waals surface area contributed by atoms with Crippen molar-refractivity contribution in [3.8, 4) is 22.3 Å². The first-order chi connectivity index (χ1) is 42.9. The number of rotatable bonds is 10. The predicted molar refractivity (Wildman–Crippen MR) is 384 cm³/mol. The maximum Gasteiger partial charge on any atom is 0.248 e. The summed E-state index contributed by atoms with van der Waals surface area (Å²) in [6.45, 7) is 21.3. The summed E-state index contributed by atoms with van der Waals surface area (Å²) in [6.07, 6.45) is 0. The Balaban J connectivity index is 1.11. The maximum atomic E-state index is 2.79. The third kappa shape index (κ3) is 7.37. The highest BCUT2D eigenvalue weighted by atomic mass is 28.3. The van der Waals surface area contributed by atoms with Crippen LogP contribution in [0.4, 0.5) is 34.1 Å². The van der Waals surface area contributed by atoms with E-state index in [4.69, 9.17) is 0 Å². The molecular weight excluding hydrogens is 1070 g/mol. The molecule has 13 aromatic rings. The first-order valence-electron chi connectivity index (χ1n) is 32.2. The molecule has 17 rings (SSSR count). The van der Waals surface area contributed by atoms with Crippen LogP contribution in [0.25, 0.3) is 54.6 Å². The van der Waals surface area contributed by atoms with Crippen molar-refractivity contribution in [3.05, 3.63) is 264 Å². The molecule has 0 atom stereocenters. The standard InChI is InChI=1S/C83H70B2N2Si/c1-49(2)54-35-37-69-73(42-54)87(59-27-17-11-18-28-59)76-45-57(52(7)8)41-67-65-48-77(88(60-29-19-12-20-30-60,61-31-21-13-22-32-61)62-33-23-14-24-34-62)68-47-72-78-64(39-53(9)63-46-71(84(69)83(67)76)79(65)81(68)80(63)78)66-40-56(51(5)6)44-75-82(66)85(72)70-38-36-55(50(3)4)43-74(70)86(75)58-25-15-10-16-26-58/h10-52H,1-9H3. The van der Waals surface area contributed by atoms with Gasteiger partial charge in [-0.05, 0) is 204 Å². The lowest BCUT2D eigenvalue weighted by Crippen LogP contribution is -2.75. The predicted octanol–water partition coefficient (Wildman–Crippen LogP) is 15.3. The summed E-state index contributed by atoms with van der Waals surface area (Å²) in [5.41, 5.74) is 28.1. The molecule has 0 radical (unpaired) electrons. The van der Waals surface area contributed by atoms with Crippen molar-refractivity contribution in [3.63, 3.8) is 0 Å². The molecule has 0 saturated carbocycles. The number of fused-ring (bicyclic) bond motifs is 8. The zero-order valence-electron chi connectivity index (χ0n) is 51.9. The molecule has 0 bridgehead atoms. The minimum absolute atomic E-state index is 0.0144. The Morgan fingerprint density at radius 2 is 0.670 bits per heavy atom. The fourth-order valence-corrected chi connectivity index (χ4v) is 21.7. The topological polar surface area (TPSA) is 6.48 Å². The zero-order chi connectivity index (χ0) is 59.6. The second-order valence-electron chi connectivity index (χ2n) is 27.1. The van der Waals surface area contributed by atoms with E-state index in [9.17, 15) is 0 Å². The van der Waals surface area contributed by atoms with Crippen molar-refractivity contribution in [1.82, 2.24) is 0 Å². The Labute approximate surface area is 520 Å². The van der Waals surface area contributed by atoms with Gasteiger partial charge in [-0.3, -0.25) is 0 Å². The van der Waals surface area contributed by atoms with Gasteiger partial charge in [0.25, 0.3) is 0 Å². The third-order valence-corrected chi connectivity index (χ3v) is 25.7. The Hall–Kier alpha value is -9.15. The SMILES string of the molecule is Cc1cc2c3c(cc4c([Si](c5ccccc5)(c5ccccc5)c5ccccc5)cc5c6c(cc1c3c46)B1c3ccc(C(C)C)cc3N(c3ccccc3)c3cc(C(C)C)cc-5c31)B1c3ccc(C(C)C)cc3N(c3ccccc3)c3cc(C(C)C)cc-2c31. The van der Waals surface area contributed by atoms with E-state index < -0.39 is 8.07 Å². The van der Waals surface area contributed by atoms with Crippen molar-refractivity contribution in [2.45, 2.75) is 86.0 Å². The number of aryl methyl sites for hydroxylation is 1. The van der Waals surface area contributed by atoms with Crippen LogP contribution in [0.15, 0.2) is 237 Å². The summed E-state index contributed by atoms with van der Waals surface area (Å²) in [7, 11) is -3.29. The van der Waals surface area contributed by atoms with E-state index in [1.165, 1.54) is 170 Å². The number of hydrogen-bond donors (Lipinski definition) is 0.